The van der Waals surface area contributed by atoms with E-state index in [1.807, 2.05) is 0 Å². The van der Waals surface area contributed by atoms with Crippen molar-refractivity contribution in [2.75, 3.05) is 13.1 Å². The van der Waals surface area contributed by atoms with E-state index in [0.717, 1.165) is 30.5 Å². The van der Waals surface area contributed by atoms with Gasteiger partial charge in [-0.2, -0.15) is 13.2 Å². The molecule has 1 aliphatic heterocycles. The van der Waals surface area contributed by atoms with Gasteiger partial charge in [-0.1, -0.05) is 12.1 Å². The van der Waals surface area contributed by atoms with Crippen molar-refractivity contribution in [1.82, 2.24) is 16.0 Å². The molecular formula is C20H32Cl2F3N3O. The van der Waals surface area contributed by atoms with Gasteiger partial charge in [-0.15, -0.1) is 24.8 Å². The van der Waals surface area contributed by atoms with Crippen molar-refractivity contribution >= 4 is 30.7 Å². The van der Waals surface area contributed by atoms with Crippen LogP contribution in [-0.4, -0.2) is 30.1 Å². The molecular weight excluding hydrogens is 426 g/mol. The first-order valence-electron chi connectivity index (χ1n) is 9.35. The summed E-state index contributed by atoms with van der Waals surface area (Å²) in [4.78, 5) is 12.5. The van der Waals surface area contributed by atoms with Crippen molar-refractivity contribution in [3.8, 4) is 0 Å². The highest BCUT2D eigenvalue weighted by Gasteiger charge is 2.47. The van der Waals surface area contributed by atoms with Gasteiger partial charge in [-0.05, 0) is 64.8 Å². The lowest BCUT2D eigenvalue weighted by Gasteiger charge is -2.27. The fourth-order valence-corrected chi connectivity index (χ4v) is 3.79. The van der Waals surface area contributed by atoms with Crippen LogP contribution in [0.15, 0.2) is 24.3 Å². The van der Waals surface area contributed by atoms with Crippen molar-refractivity contribution in [1.29, 1.82) is 0 Å². The summed E-state index contributed by atoms with van der Waals surface area (Å²) in [5, 5.41) is 9.68. The van der Waals surface area contributed by atoms with E-state index >= 15 is 0 Å². The topological polar surface area (TPSA) is 53.2 Å². The molecule has 168 valence electrons. The van der Waals surface area contributed by atoms with Gasteiger partial charge in [-0.25, -0.2) is 0 Å². The first-order valence-corrected chi connectivity index (χ1v) is 9.35. The number of hydrogen-bond acceptors (Lipinski definition) is 3. The molecule has 1 aromatic carbocycles. The Morgan fingerprint density at radius 2 is 1.69 bits per heavy atom. The summed E-state index contributed by atoms with van der Waals surface area (Å²) < 4.78 is 37.6. The van der Waals surface area contributed by atoms with Crippen molar-refractivity contribution in [3.63, 3.8) is 0 Å². The summed E-state index contributed by atoms with van der Waals surface area (Å²) >= 11 is 0. The molecule has 1 amide bonds. The quantitative estimate of drug-likeness (QED) is 0.534. The zero-order valence-electron chi connectivity index (χ0n) is 17.3. The van der Waals surface area contributed by atoms with Crippen LogP contribution in [-0.2, 0) is 17.5 Å². The van der Waals surface area contributed by atoms with Gasteiger partial charge in [0.2, 0.25) is 5.91 Å². The lowest BCUT2D eigenvalue weighted by atomic mass is 9.86. The standard InChI is InChI=1S/C20H30F3N3O.2ClH/c1-18(2)12-16(19(3,4)26-18)17(27)25-11-5-10-24-13-14-6-8-15(9-7-14)20(21,22)23;;/h6-9,16,24,26H,5,10-13H2,1-4H3,(H,25,27);2*1H. The molecule has 29 heavy (non-hydrogen) atoms. The van der Waals surface area contributed by atoms with E-state index < -0.39 is 11.7 Å². The predicted molar refractivity (Wildman–Crippen MR) is 115 cm³/mol. The second-order valence-corrected chi connectivity index (χ2v) is 8.50. The minimum absolute atomic E-state index is 0. The lowest BCUT2D eigenvalue weighted by Crippen LogP contribution is -2.48. The summed E-state index contributed by atoms with van der Waals surface area (Å²) in [5.41, 5.74) is -0.113. The number of carbonyl (C=O) groups is 1. The number of benzene rings is 1. The van der Waals surface area contributed by atoms with Gasteiger partial charge < -0.3 is 16.0 Å². The Labute approximate surface area is 183 Å². The van der Waals surface area contributed by atoms with E-state index in [2.05, 4.69) is 43.6 Å². The van der Waals surface area contributed by atoms with E-state index in [1.165, 1.54) is 12.1 Å². The summed E-state index contributed by atoms with van der Waals surface area (Å²) in [7, 11) is 0. The maximum atomic E-state index is 12.5. The Hall–Kier alpha value is -1.02. The molecule has 0 saturated carbocycles. The van der Waals surface area contributed by atoms with Crippen LogP contribution in [0.1, 0.15) is 51.7 Å². The van der Waals surface area contributed by atoms with Crippen LogP contribution in [0, 0.1) is 5.92 Å². The summed E-state index contributed by atoms with van der Waals surface area (Å²) in [5.74, 6) is 0.00780. The monoisotopic (exact) mass is 457 g/mol. The zero-order valence-corrected chi connectivity index (χ0v) is 18.9. The Morgan fingerprint density at radius 3 is 2.17 bits per heavy atom. The third-order valence-electron chi connectivity index (χ3n) is 5.00. The molecule has 1 heterocycles. The van der Waals surface area contributed by atoms with Gasteiger partial charge in [0.1, 0.15) is 0 Å². The first kappa shape index (κ1) is 28.0. The molecule has 0 aromatic heterocycles. The number of hydrogen-bond donors (Lipinski definition) is 3. The Morgan fingerprint density at radius 1 is 1.10 bits per heavy atom. The van der Waals surface area contributed by atoms with Crippen molar-refractivity contribution < 1.29 is 18.0 Å². The molecule has 1 aromatic rings. The van der Waals surface area contributed by atoms with E-state index in [-0.39, 0.29) is 47.7 Å². The molecule has 1 atom stereocenters. The van der Waals surface area contributed by atoms with Gasteiger partial charge in [0.15, 0.2) is 0 Å². The second kappa shape index (κ2) is 10.8. The Kier molecular flexibility index (Phi) is 10.5. The fraction of sp³-hybridized carbons (Fsp3) is 0.650. The Balaban J connectivity index is 0.00000392. The van der Waals surface area contributed by atoms with Crippen LogP contribution in [0.3, 0.4) is 0 Å². The minimum Gasteiger partial charge on any atom is -0.356 e. The van der Waals surface area contributed by atoms with Gasteiger partial charge in [-0.3, -0.25) is 4.79 Å². The van der Waals surface area contributed by atoms with Crippen LogP contribution in [0.25, 0.3) is 0 Å². The molecule has 1 aliphatic rings. The van der Waals surface area contributed by atoms with E-state index in [9.17, 15) is 18.0 Å². The molecule has 0 radical (unpaired) electrons. The zero-order chi connectivity index (χ0) is 20.3. The third-order valence-corrected chi connectivity index (χ3v) is 5.00. The number of alkyl halides is 3. The SMILES string of the molecule is CC1(C)CC(C(=O)NCCCNCc2ccc(C(F)(F)F)cc2)C(C)(C)N1.Cl.Cl. The number of carbonyl (C=O) groups excluding carboxylic acids is 1. The van der Waals surface area contributed by atoms with Crippen LogP contribution in [0.2, 0.25) is 0 Å². The lowest BCUT2D eigenvalue weighted by molar-refractivity contribution is -0.137. The molecule has 9 heteroatoms. The van der Waals surface area contributed by atoms with Crippen molar-refractivity contribution in [2.45, 2.75) is 64.3 Å². The molecule has 1 saturated heterocycles. The highest BCUT2D eigenvalue weighted by atomic mass is 35.5. The summed E-state index contributed by atoms with van der Waals surface area (Å²) in [6, 6.07) is 5.15. The third kappa shape index (κ3) is 8.32. The van der Waals surface area contributed by atoms with Crippen molar-refractivity contribution in [3.05, 3.63) is 35.4 Å². The van der Waals surface area contributed by atoms with Gasteiger partial charge in [0.25, 0.3) is 0 Å². The molecule has 0 aliphatic carbocycles. The first-order chi connectivity index (χ1) is 12.4. The fourth-order valence-electron chi connectivity index (χ4n) is 3.79. The van der Waals surface area contributed by atoms with Crippen LogP contribution in [0.4, 0.5) is 13.2 Å². The highest BCUT2D eigenvalue weighted by Crippen LogP contribution is 2.35. The maximum absolute atomic E-state index is 12.5. The van der Waals surface area contributed by atoms with Crippen LogP contribution in [0.5, 0.6) is 0 Å². The van der Waals surface area contributed by atoms with E-state index in [1.54, 1.807) is 0 Å². The van der Waals surface area contributed by atoms with Gasteiger partial charge >= 0.3 is 6.18 Å². The normalized spacial score (nSPS) is 19.8. The molecule has 3 N–H and O–H groups in total. The second-order valence-electron chi connectivity index (χ2n) is 8.50. The average molecular weight is 458 g/mol. The molecule has 1 fully saturated rings. The molecule has 1 unspecified atom stereocenters. The molecule has 2 rings (SSSR count). The highest BCUT2D eigenvalue weighted by molar-refractivity contribution is 5.85. The molecule has 0 bridgehead atoms. The van der Waals surface area contributed by atoms with Crippen LogP contribution >= 0.6 is 24.8 Å². The number of halogens is 5. The summed E-state index contributed by atoms with van der Waals surface area (Å²) in [6.07, 6.45) is -2.74. The maximum Gasteiger partial charge on any atom is 0.416 e. The minimum atomic E-state index is -4.30. The number of nitrogens with one attached hydrogen (secondary N) is 3. The Bertz CT molecular complexity index is 649. The number of amides is 1. The predicted octanol–water partition coefficient (Wildman–Crippen LogP) is 4.31. The van der Waals surface area contributed by atoms with Crippen molar-refractivity contribution in [2.24, 2.45) is 5.92 Å². The smallest absolute Gasteiger partial charge is 0.356 e. The molecule has 4 nitrogen and oxygen atoms in total. The van der Waals surface area contributed by atoms with Crippen LogP contribution < -0.4 is 16.0 Å². The van der Waals surface area contributed by atoms with E-state index in [4.69, 9.17) is 0 Å². The summed E-state index contributed by atoms with van der Waals surface area (Å²) in [6.45, 7) is 10.1. The van der Waals surface area contributed by atoms with Gasteiger partial charge in [0.05, 0.1) is 11.5 Å². The number of rotatable bonds is 7. The largest absolute Gasteiger partial charge is 0.416 e. The van der Waals surface area contributed by atoms with Gasteiger partial charge in [0, 0.05) is 24.2 Å². The molecule has 0 spiro atoms. The average Bonchev–Trinajstić information content (AvgIpc) is 2.77. The van der Waals surface area contributed by atoms with E-state index in [0.29, 0.717) is 19.6 Å².